The van der Waals surface area contributed by atoms with Crippen molar-refractivity contribution in [3.63, 3.8) is 0 Å². The van der Waals surface area contributed by atoms with Crippen molar-refractivity contribution in [2.45, 2.75) is 26.8 Å². The van der Waals surface area contributed by atoms with Crippen LogP contribution in [0.25, 0.3) is 0 Å². The van der Waals surface area contributed by atoms with Gasteiger partial charge < -0.3 is 9.64 Å². The molecule has 0 heterocycles. The quantitative estimate of drug-likeness (QED) is 0.765. The van der Waals surface area contributed by atoms with Gasteiger partial charge in [0.25, 0.3) is 0 Å². The lowest BCUT2D eigenvalue weighted by atomic mass is 10.1. The van der Waals surface area contributed by atoms with E-state index in [9.17, 15) is 9.18 Å². The average molecular weight is 265 g/mol. The summed E-state index contributed by atoms with van der Waals surface area (Å²) in [6.45, 7) is 4.14. The predicted molar refractivity (Wildman–Crippen MR) is 73.5 cm³/mol. The number of nitrogens with zero attached hydrogens (tertiary/aromatic N) is 1. The van der Waals surface area contributed by atoms with E-state index in [1.807, 2.05) is 13.0 Å². The van der Waals surface area contributed by atoms with Gasteiger partial charge in [0, 0.05) is 19.2 Å². The van der Waals surface area contributed by atoms with Crippen molar-refractivity contribution in [1.29, 1.82) is 0 Å². The highest BCUT2D eigenvalue weighted by Crippen LogP contribution is 2.18. The molecule has 0 saturated carbocycles. The first-order chi connectivity index (χ1) is 8.99. The minimum atomic E-state index is -0.415. The fourth-order valence-electron chi connectivity index (χ4n) is 1.85. The van der Waals surface area contributed by atoms with E-state index < -0.39 is 5.82 Å². The minimum Gasteiger partial charge on any atom is -0.494 e. The maximum absolute atomic E-state index is 13.5. The number of hydrogen-bond acceptors (Lipinski definition) is 2. The van der Waals surface area contributed by atoms with E-state index in [0.717, 1.165) is 12.0 Å². The van der Waals surface area contributed by atoms with Gasteiger partial charge in [-0.05, 0) is 31.0 Å². The summed E-state index contributed by atoms with van der Waals surface area (Å²) in [5, 5.41) is 0. The van der Waals surface area contributed by atoms with Gasteiger partial charge >= 0.3 is 0 Å². The molecule has 0 radical (unpaired) electrons. The number of rotatable bonds is 5. The van der Waals surface area contributed by atoms with Crippen LogP contribution in [0.4, 0.5) is 4.39 Å². The Kier molecular flexibility index (Phi) is 5.55. The molecular formula is C15H20FNO2. The van der Waals surface area contributed by atoms with E-state index >= 15 is 0 Å². The number of benzene rings is 1. The first-order valence-electron chi connectivity index (χ1n) is 6.24. The Labute approximate surface area is 113 Å². The third-order valence-corrected chi connectivity index (χ3v) is 2.83. The second-order valence-electron chi connectivity index (χ2n) is 4.43. The molecule has 19 heavy (non-hydrogen) atoms. The van der Waals surface area contributed by atoms with Gasteiger partial charge in [-0.1, -0.05) is 19.1 Å². The van der Waals surface area contributed by atoms with E-state index in [-0.39, 0.29) is 11.7 Å². The Morgan fingerprint density at radius 2 is 2.16 bits per heavy atom. The highest BCUT2D eigenvalue weighted by molar-refractivity contribution is 5.92. The Hall–Kier alpha value is -1.84. The van der Waals surface area contributed by atoms with Crippen molar-refractivity contribution in [2.75, 3.05) is 14.2 Å². The lowest BCUT2D eigenvalue weighted by Gasteiger charge is -2.18. The fraction of sp³-hybridized carbons (Fsp3) is 0.400. The van der Waals surface area contributed by atoms with E-state index in [2.05, 4.69) is 0 Å². The third kappa shape index (κ3) is 4.09. The number of carbonyl (C=O) groups is 1. The van der Waals surface area contributed by atoms with Crippen LogP contribution in [0.15, 0.2) is 29.8 Å². The zero-order chi connectivity index (χ0) is 14.4. The highest BCUT2D eigenvalue weighted by Gasteiger charge is 2.12. The van der Waals surface area contributed by atoms with E-state index in [1.54, 1.807) is 31.0 Å². The van der Waals surface area contributed by atoms with Gasteiger partial charge in [-0.15, -0.1) is 0 Å². The van der Waals surface area contributed by atoms with Crippen LogP contribution < -0.4 is 4.74 Å². The molecule has 1 aromatic rings. The SMILES string of the molecule is CC/C=C(/C)C(=O)N(C)Cc1ccc(OC)c(F)c1. The number of carbonyl (C=O) groups excluding carboxylic acids is 1. The van der Waals surface area contributed by atoms with Crippen molar-refractivity contribution in [3.8, 4) is 5.75 Å². The summed E-state index contributed by atoms with van der Waals surface area (Å²) in [5.74, 6) is -0.250. The molecule has 0 unspecified atom stereocenters. The summed E-state index contributed by atoms with van der Waals surface area (Å²) in [7, 11) is 3.13. The van der Waals surface area contributed by atoms with Crippen molar-refractivity contribution >= 4 is 5.91 Å². The fourth-order valence-corrected chi connectivity index (χ4v) is 1.85. The smallest absolute Gasteiger partial charge is 0.249 e. The van der Waals surface area contributed by atoms with Crippen LogP contribution in [0, 0.1) is 5.82 Å². The molecule has 0 fully saturated rings. The molecular weight excluding hydrogens is 245 g/mol. The number of allylic oxidation sites excluding steroid dienone is 1. The topological polar surface area (TPSA) is 29.5 Å². The second-order valence-corrected chi connectivity index (χ2v) is 4.43. The van der Waals surface area contributed by atoms with Gasteiger partial charge in [-0.25, -0.2) is 4.39 Å². The summed E-state index contributed by atoms with van der Waals surface area (Å²) in [6.07, 6.45) is 2.70. The van der Waals surface area contributed by atoms with Crippen molar-refractivity contribution in [3.05, 3.63) is 41.2 Å². The first kappa shape index (κ1) is 15.2. The molecule has 1 amide bonds. The molecule has 0 atom stereocenters. The maximum Gasteiger partial charge on any atom is 0.249 e. The normalized spacial score (nSPS) is 11.3. The number of halogens is 1. The van der Waals surface area contributed by atoms with Crippen LogP contribution in [-0.2, 0) is 11.3 Å². The minimum absolute atomic E-state index is 0.0434. The molecule has 4 heteroatoms. The Bertz CT molecular complexity index is 483. The summed E-state index contributed by atoms with van der Waals surface area (Å²) in [4.78, 5) is 13.6. The van der Waals surface area contributed by atoms with Gasteiger partial charge in [0.15, 0.2) is 11.6 Å². The predicted octanol–water partition coefficient (Wildman–Crippen LogP) is 3.15. The van der Waals surface area contributed by atoms with E-state index in [4.69, 9.17) is 4.74 Å². The van der Waals surface area contributed by atoms with Crippen molar-refractivity contribution in [1.82, 2.24) is 4.90 Å². The van der Waals surface area contributed by atoms with Gasteiger partial charge in [0.2, 0.25) is 5.91 Å². The molecule has 0 aliphatic heterocycles. The molecule has 0 N–H and O–H groups in total. The summed E-state index contributed by atoms with van der Waals surface area (Å²) in [5.41, 5.74) is 1.44. The maximum atomic E-state index is 13.5. The van der Waals surface area contributed by atoms with Gasteiger partial charge in [-0.2, -0.15) is 0 Å². The molecule has 0 spiro atoms. The van der Waals surface area contributed by atoms with Crippen LogP contribution in [0.3, 0.4) is 0 Å². The molecule has 104 valence electrons. The monoisotopic (exact) mass is 265 g/mol. The molecule has 3 nitrogen and oxygen atoms in total. The van der Waals surface area contributed by atoms with Crippen LogP contribution in [-0.4, -0.2) is 25.0 Å². The van der Waals surface area contributed by atoms with Gasteiger partial charge in [0.05, 0.1) is 7.11 Å². The van der Waals surface area contributed by atoms with E-state index in [0.29, 0.717) is 12.1 Å². The highest BCUT2D eigenvalue weighted by atomic mass is 19.1. The largest absolute Gasteiger partial charge is 0.494 e. The Morgan fingerprint density at radius 1 is 1.47 bits per heavy atom. The van der Waals surface area contributed by atoms with Gasteiger partial charge in [0.1, 0.15) is 0 Å². The summed E-state index contributed by atoms with van der Waals surface area (Å²) < 4.78 is 18.4. The molecule has 1 rings (SSSR count). The number of amides is 1. The second kappa shape index (κ2) is 6.92. The molecule has 0 aliphatic rings. The lowest BCUT2D eigenvalue weighted by Crippen LogP contribution is -2.26. The number of likely N-dealkylation sites (N-methyl/N-ethyl adjacent to an activating group) is 1. The number of ether oxygens (including phenoxy) is 1. The molecule has 1 aromatic carbocycles. The number of hydrogen-bond donors (Lipinski definition) is 0. The van der Waals surface area contributed by atoms with Crippen LogP contribution >= 0.6 is 0 Å². The molecule has 0 bridgehead atoms. The average Bonchev–Trinajstić information content (AvgIpc) is 2.38. The Morgan fingerprint density at radius 3 is 2.68 bits per heavy atom. The van der Waals surface area contributed by atoms with Crippen LogP contribution in [0.2, 0.25) is 0 Å². The Balaban J connectivity index is 2.77. The van der Waals surface area contributed by atoms with Crippen molar-refractivity contribution in [2.24, 2.45) is 0 Å². The van der Waals surface area contributed by atoms with Gasteiger partial charge in [-0.3, -0.25) is 4.79 Å². The molecule has 0 aromatic heterocycles. The van der Waals surface area contributed by atoms with Crippen molar-refractivity contribution < 1.29 is 13.9 Å². The number of methoxy groups -OCH3 is 1. The first-order valence-corrected chi connectivity index (χ1v) is 6.24. The molecule has 0 saturated heterocycles. The standard InChI is InChI=1S/C15H20FNO2/c1-5-6-11(2)15(18)17(3)10-12-7-8-14(19-4)13(16)9-12/h6-9H,5,10H2,1-4H3/b11-6-. The zero-order valence-electron chi connectivity index (χ0n) is 11.9. The zero-order valence-corrected chi connectivity index (χ0v) is 11.9. The van der Waals surface area contributed by atoms with Crippen LogP contribution in [0.1, 0.15) is 25.8 Å². The van der Waals surface area contributed by atoms with Crippen LogP contribution in [0.5, 0.6) is 5.75 Å². The summed E-state index contributed by atoms with van der Waals surface area (Å²) >= 11 is 0. The summed E-state index contributed by atoms with van der Waals surface area (Å²) in [6, 6.07) is 4.71. The molecule has 0 aliphatic carbocycles. The third-order valence-electron chi connectivity index (χ3n) is 2.83. The van der Waals surface area contributed by atoms with E-state index in [1.165, 1.54) is 13.2 Å². The lowest BCUT2D eigenvalue weighted by molar-refractivity contribution is -0.126.